The van der Waals surface area contributed by atoms with E-state index in [4.69, 9.17) is 0 Å². The summed E-state index contributed by atoms with van der Waals surface area (Å²) in [6.45, 7) is 1.96. The minimum Gasteiger partial charge on any atom is -0.354 e. The topological polar surface area (TPSA) is 25.2 Å². The molecule has 3 heteroatoms. The van der Waals surface area contributed by atoms with Gasteiger partial charge < -0.3 is 9.47 Å². The van der Waals surface area contributed by atoms with Gasteiger partial charge in [-0.2, -0.15) is 0 Å². The van der Waals surface area contributed by atoms with Crippen LogP contribution in [0.15, 0.2) is 12.3 Å². The Morgan fingerprint density at radius 3 is 2.89 bits per heavy atom. The molecule has 1 fully saturated rings. The summed E-state index contributed by atoms with van der Waals surface area (Å²) in [5.41, 5.74) is 2.87. The summed E-state index contributed by atoms with van der Waals surface area (Å²) in [7, 11) is 2.11. The second-order valence-corrected chi connectivity index (χ2v) is 5.71. The standard InChI is InChI=1S/C15H22N2O/c1-16-10-7-13-12(5-4-6-14(13)16)11-15(18)17-8-2-3-9-17/h7,10,12H,2-6,8-9,11H2,1H3. The molecule has 1 aromatic rings. The molecule has 1 amide bonds. The molecule has 1 unspecified atom stereocenters. The fourth-order valence-corrected chi connectivity index (χ4v) is 3.46. The van der Waals surface area contributed by atoms with Crippen molar-refractivity contribution in [1.82, 2.24) is 9.47 Å². The summed E-state index contributed by atoms with van der Waals surface area (Å²) in [4.78, 5) is 14.3. The maximum Gasteiger partial charge on any atom is 0.223 e. The first-order valence-electron chi connectivity index (χ1n) is 7.17. The Bertz CT molecular complexity index is 443. The van der Waals surface area contributed by atoms with Crippen molar-refractivity contribution in [3.63, 3.8) is 0 Å². The van der Waals surface area contributed by atoms with Gasteiger partial charge in [-0.05, 0) is 49.7 Å². The van der Waals surface area contributed by atoms with E-state index in [0.717, 1.165) is 19.5 Å². The van der Waals surface area contributed by atoms with E-state index in [0.29, 0.717) is 11.8 Å². The minimum absolute atomic E-state index is 0.370. The average molecular weight is 246 g/mol. The number of nitrogens with zero attached hydrogens (tertiary/aromatic N) is 2. The van der Waals surface area contributed by atoms with E-state index in [1.807, 2.05) is 0 Å². The lowest BCUT2D eigenvalue weighted by molar-refractivity contribution is -0.130. The molecule has 2 aliphatic rings. The van der Waals surface area contributed by atoms with Crippen molar-refractivity contribution in [2.75, 3.05) is 13.1 Å². The largest absolute Gasteiger partial charge is 0.354 e. The van der Waals surface area contributed by atoms with Gasteiger partial charge in [-0.25, -0.2) is 0 Å². The van der Waals surface area contributed by atoms with Crippen LogP contribution in [0.5, 0.6) is 0 Å². The van der Waals surface area contributed by atoms with Gasteiger partial charge >= 0.3 is 0 Å². The Labute approximate surface area is 109 Å². The number of carbonyl (C=O) groups excluding carboxylic acids is 1. The van der Waals surface area contributed by atoms with Crippen molar-refractivity contribution >= 4 is 5.91 Å². The number of rotatable bonds is 2. The zero-order chi connectivity index (χ0) is 12.5. The lowest BCUT2D eigenvalue weighted by atomic mass is 9.84. The maximum atomic E-state index is 12.2. The second kappa shape index (κ2) is 4.79. The Balaban J connectivity index is 1.72. The summed E-state index contributed by atoms with van der Waals surface area (Å²) in [5, 5.41) is 0. The fourth-order valence-electron chi connectivity index (χ4n) is 3.46. The third-order valence-corrected chi connectivity index (χ3v) is 4.52. The number of likely N-dealkylation sites (tertiary alicyclic amines) is 1. The zero-order valence-electron chi connectivity index (χ0n) is 11.2. The van der Waals surface area contributed by atoms with Crippen molar-refractivity contribution in [3.8, 4) is 0 Å². The number of hydrogen-bond donors (Lipinski definition) is 0. The van der Waals surface area contributed by atoms with E-state index < -0.39 is 0 Å². The van der Waals surface area contributed by atoms with Gasteiger partial charge in [-0.3, -0.25) is 4.79 Å². The van der Waals surface area contributed by atoms with Gasteiger partial charge in [0, 0.05) is 38.4 Å². The molecule has 3 nitrogen and oxygen atoms in total. The molecule has 1 saturated heterocycles. The third-order valence-electron chi connectivity index (χ3n) is 4.52. The van der Waals surface area contributed by atoms with Crippen molar-refractivity contribution in [2.24, 2.45) is 7.05 Å². The summed E-state index contributed by atoms with van der Waals surface area (Å²) in [6, 6.07) is 2.22. The molecule has 1 aliphatic carbocycles. The highest BCUT2D eigenvalue weighted by atomic mass is 16.2. The number of fused-ring (bicyclic) bond motifs is 1. The predicted molar refractivity (Wildman–Crippen MR) is 71.5 cm³/mol. The van der Waals surface area contributed by atoms with Gasteiger partial charge in [0.25, 0.3) is 0 Å². The lowest BCUT2D eigenvalue weighted by Gasteiger charge is -2.25. The van der Waals surface area contributed by atoms with Crippen molar-refractivity contribution in [1.29, 1.82) is 0 Å². The Morgan fingerprint density at radius 1 is 1.33 bits per heavy atom. The van der Waals surface area contributed by atoms with Crippen LogP contribution >= 0.6 is 0 Å². The molecule has 1 aliphatic heterocycles. The van der Waals surface area contributed by atoms with Gasteiger partial charge in [-0.1, -0.05) is 0 Å². The van der Waals surface area contributed by atoms with Gasteiger partial charge in [-0.15, -0.1) is 0 Å². The SMILES string of the molecule is Cn1ccc2c1CCCC2CC(=O)N1CCCC1. The lowest BCUT2D eigenvalue weighted by Crippen LogP contribution is -2.29. The minimum atomic E-state index is 0.370. The molecule has 0 saturated carbocycles. The predicted octanol–water partition coefficient (Wildman–Crippen LogP) is 2.46. The highest BCUT2D eigenvalue weighted by Crippen LogP contribution is 2.35. The quantitative estimate of drug-likeness (QED) is 0.787. The Morgan fingerprint density at radius 2 is 2.11 bits per heavy atom. The second-order valence-electron chi connectivity index (χ2n) is 5.71. The smallest absolute Gasteiger partial charge is 0.223 e. The van der Waals surface area contributed by atoms with Gasteiger partial charge in [0.15, 0.2) is 0 Å². The Kier molecular flexibility index (Phi) is 3.14. The normalized spacial score (nSPS) is 23.2. The molecule has 0 bridgehead atoms. The molecule has 1 atom stereocenters. The first kappa shape index (κ1) is 11.8. The number of carbonyl (C=O) groups is 1. The van der Waals surface area contributed by atoms with E-state index in [9.17, 15) is 4.79 Å². The zero-order valence-corrected chi connectivity index (χ0v) is 11.2. The van der Waals surface area contributed by atoms with Crippen LogP contribution in [0.1, 0.15) is 49.3 Å². The molecule has 0 radical (unpaired) electrons. The molecule has 1 aromatic heterocycles. The molecule has 0 N–H and O–H groups in total. The first-order valence-corrected chi connectivity index (χ1v) is 7.17. The fraction of sp³-hybridized carbons (Fsp3) is 0.667. The van der Waals surface area contributed by atoms with Gasteiger partial charge in [0.05, 0.1) is 0 Å². The van der Waals surface area contributed by atoms with Crippen LogP contribution < -0.4 is 0 Å². The summed E-state index contributed by atoms with van der Waals surface area (Å²) in [6.07, 6.45) is 8.81. The molecular formula is C15H22N2O. The van der Waals surface area contributed by atoms with Crippen molar-refractivity contribution < 1.29 is 4.79 Å². The number of aryl methyl sites for hydroxylation is 1. The number of aromatic nitrogens is 1. The van der Waals surface area contributed by atoms with Crippen LogP contribution in [-0.2, 0) is 18.3 Å². The van der Waals surface area contributed by atoms with Crippen LogP contribution in [-0.4, -0.2) is 28.5 Å². The number of hydrogen-bond acceptors (Lipinski definition) is 1. The van der Waals surface area contributed by atoms with Crippen LogP contribution in [0.3, 0.4) is 0 Å². The Hall–Kier alpha value is -1.25. The molecule has 0 spiro atoms. The van der Waals surface area contributed by atoms with Crippen LogP contribution in [0.2, 0.25) is 0 Å². The summed E-state index contributed by atoms with van der Waals surface area (Å²) < 4.78 is 2.22. The molecule has 2 heterocycles. The molecular weight excluding hydrogens is 224 g/mol. The van der Waals surface area contributed by atoms with Crippen LogP contribution in [0.4, 0.5) is 0 Å². The van der Waals surface area contributed by atoms with E-state index >= 15 is 0 Å². The number of amides is 1. The molecule has 98 valence electrons. The highest BCUT2D eigenvalue weighted by Gasteiger charge is 2.27. The van der Waals surface area contributed by atoms with E-state index in [-0.39, 0.29) is 0 Å². The highest BCUT2D eigenvalue weighted by molar-refractivity contribution is 5.77. The van der Waals surface area contributed by atoms with Crippen LogP contribution in [0.25, 0.3) is 0 Å². The molecule has 18 heavy (non-hydrogen) atoms. The monoisotopic (exact) mass is 246 g/mol. The van der Waals surface area contributed by atoms with Gasteiger partial charge in [0.1, 0.15) is 0 Å². The summed E-state index contributed by atoms with van der Waals surface area (Å²) >= 11 is 0. The molecule has 3 rings (SSSR count). The maximum absolute atomic E-state index is 12.2. The van der Waals surface area contributed by atoms with Crippen molar-refractivity contribution in [2.45, 2.75) is 44.4 Å². The van der Waals surface area contributed by atoms with E-state index in [1.165, 1.54) is 43.4 Å². The van der Waals surface area contributed by atoms with Crippen molar-refractivity contribution in [3.05, 3.63) is 23.5 Å². The van der Waals surface area contributed by atoms with E-state index in [1.54, 1.807) is 0 Å². The first-order chi connectivity index (χ1) is 8.75. The molecule has 0 aromatic carbocycles. The summed E-state index contributed by atoms with van der Waals surface area (Å²) in [5.74, 6) is 0.831. The van der Waals surface area contributed by atoms with Gasteiger partial charge in [0.2, 0.25) is 5.91 Å². The van der Waals surface area contributed by atoms with Crippen LogP contribution in [0, 0.1) is 0 Å². The van der Waals surface area contributed by atoms with E-state index in [2.05, 4.69) is 28.8 Å². The third kappa shape index (κ3) is 2.06. The average Bonchev–Trinajstić information content (AvgIpc) is 3.00.